The highest BCUT2D eigenvalue weighted by molar-refractivity contribution is 7.05. The Morgan fingerprint density at radius 1 is 1.31 bits per heavy atom. The highest BCUT2D eigenvalue weighted by Gasteiger charge is 2.15. The number of rotatable bonds is 3. The summed E-state index contributed by atoms with van der Waals surface area (Å²) in [6, 6.07) is 5.27. The van der Waals surface area contributed by atoms with Gasteiger partial charge in [0.1, 0.15) is 0 Å². The van der Waals surface area contributed by atoms with Gasteiger partial charge in [-0.1, -0.05) is 33.8 Å². The Balaban J connectivity index is 2.21. The molecule has 1 aromatic heterocycles. The van der Waals surface area contributed by atoms with Crippen LogP contribution in [-0.4, -0.2) is 14.7 Å². The predicted octanol–water partition coefficient (Wildman–Crippen LogP) is 3.12. The normalized spacial score (nSPS) is 12.7. The number of hydrogen-bond donors (Lipinski definition) is 1. The van der Waals surface area contributed by atoms with Gasteiger partial charge in [0.2, 0.25) is 0 Å². The van der Waals surface area contributed by atoms with E-state index in [0.29, 0.717) is 21.3 Å². The van der Waals surface area contributed by atoms with Crippen LogP contribution >= 0.6 is 34.7 Å². The summed E-state index contributed by atoms with van der Waals surface area (Å²) in [5, 5.41) is 14.7. The molecule has 0 fully saturated rings. The van der Waals surface area contributed by atoms with Crippen molar-refractivity contribution in [3.8, 4) is 0 Å². The van der Waals surface area contributed by atoms with E-state index >= 15 is 0 Å². The number of aliphatic hydroxyl groups is 1. The molecule has 0 aliphatic heterocycles. The number of aliphatic hydroxyl groups excluding tert-OH is 1. The van der Waals surface area contributed by atoms with E-state index in [-0.39, 0.29) is 0 Å². The Labute approximate surface area is 107 Å². The molecule has 2 rings (SSSR count). The van der Waals surface area contributed by atoms with Crippen LogP contribution in [0.1, 0.15) is 16.5 Å². The molecule has 1 aromatic carbocycles. The average molecular weight is 275 g/mol. The topological polar surface area (TPSA) is 46.0 Å². The van der Waals surface area contributed by atoms with E-state index in [2.05, 4.69) is 9.59 Å². The number of nitrogens with zero attached hydrogens (tertiary/aromatic N) is 2. The number of halogens is 2. The maximum atomic E-state index is 9.92. The molecule has 3 nitrogen and oxygen atoms in total. The highest BCUT2D eigenvalue weighted by Crippen LogP contribution is 2.29. The third kappa shape index (κ3) is 2.52. The number of benzene rings is 1. The van der Waals surface area contributed by atoms with Crippen LogP contribution in [0.5, 0.6) is 0 Å². The summed E-state index contributed by atoms with van der Waals surface area (Å²) in [6.45, 7) is 0. The summed E-state index contributed by atoms with van der Waals surface area (Å²) in [6.07, 6.45) is 1.24. The standard InChI is InChI=1S/C10H8Cl2N2OS/c11-7-2-1-3-8(12)6(7)4-9(15)10-5-13-14-16-10/h1-3,5,9,15H,4H2. The summed E-state index contributed by atoms with van der Waals surface area (Å²) in [5.74, 6) is 0. The van der Waals surface area contributed by atoms with Crippen molar-refractivity contribution < 1.29 is 5.11 Å². The lowest BCUT2D eigenvalue weighted by Gasteiger charge is -2.10. The van der Waals surface area contributed by atoms with E-state index in [4.69, 9.17) is 23.2 Å². The molecule has 84 valence electrons. The maximum absolute atomic E-state index is 9.92. The first kappa shape index (κ1) is 11.8. The van der Waals surface area contributed by atoms with Gasteiger partial charge in [-0.2, -0.15) is 0 Å². The molecule has 1 heterocycles. The van der Waals surface area contributed by atoms with Crippen LogP contribution < -0.4 is 0 Å². The molecule has 1 unspecified atom stereocenters. The monoisotopic (exact) mass is 274 g/mol. The van der Waals surface area contributed by atoms with Gasteiger partial charge in [-0.3, -0.25) is 0 Å². The van der Waals surface area contributed by atoms with E-state index in [0.717, 1.165) is 17.1 Å². The van der Waals surface area contributed by atoms with Gasteiger partial charge in [0.15, 0.2) is 0 Å². The van der Waals surface area contributed by atoms with Gasteiger partial charge >= 0.3 is 0 Å². The zero-order chi connectivity index (χ0) is 11.5. The molecular weight excluding hydrogens is 267 g/mol. The molecule has 16 heavy (non-hydrogen) atoms. The smallest absolute Gasteiger partial charge is 0.0955 e. The summed E-state index contributed by atoms with van der Waals surface area (Å²) in [7, 11) is 0. The van der Waals surface area contributed by atoms with Crippen molar-refractivity contribution in [2.24, 2.45) is 0 Å². The minimum Gasteiger partial charge on any atom is -0.387 e. The summed E-state index contributed by atoms with van der Waals surface area (Å²) in [4.78, 5) is 0.705. The van der Waals surface area contributed by atoms with Gasteiger partial charge in [0.25, 0.3) is 0 Å². The van der Waals surface area contributed by atoms with Crippen molar-refractivity contribution >= 4 is 34.7 Å². The van der Waals surface area contributed by atoms with Crippen LogP contribution in [0, 0.1) is 0 Å². The molecule has 0 spiro atoms. The van der Waals surface area contributed by atoms with Crippen LogP contribution in [0.15, 0.2) is 24.4 Å². The molecule has 0 bridgehead atoms. The Bertz CT molecular complexity index is 455. The van der Waals surface area contributed by atoms with Crippen molar-refractivity contribution in [1.82, 2.24) is 9.59 Å². The Morgan fingerprint density at radius 3 is 2.56 bits per heavy atom. The first-order chi connectivity index (χ1) is 7.68. The molecule has 0 aliphatic carbocycles. The average Bonchev–Trinajstić information content (AvgIpc) is 2.76. The Hall–Kier alpha value is -0.680. The summed E-state index contributed by atoms with van der Waals surface area (Å²) < 4.78 is 3.70. The van der Waals surface area contributed by atoms with E-state index in [1.807, 2.05) is 0 Å². The molecule has 0 amide bonds. The fraction of sp³-hybridized carbons (Fsp3) is 0.200. The lowest BCUT2D eigenvalue weighted by atomic mass is 10.1. The van der Waals surface area contributed by atoms with Crippen molar-refractivity contribution in [1.29, 1.82) is 0 Å². The van der Waals surface area contributed by atoms with E-state index in [1.165, 1.54) is 0 Å². The molecule has 1 atom stereocenters. The van der Waals surface area contributed by atoms with E-state index in [9.17, 15) is 5.11 Å². The third-order valence-corrected chi connectivity index (χ3v) is 3.64. The quantitative estimate of drug-likeness (QED) is 0.936. The Morgan fingerprint density at radius 2 is 2.00 bits per heavy atom. The minimum absolute atomic E-state index is 0.363. The summed E-state index contributed by atoms with van der Waals surface area (Å²) >= 11 is 13.2. The first-order valence-electron chi connectivity index (χ1n) is 4.56. The molecule has 1 N–H and O–H groups in total. The molecule has 6 heteroatoms. The van der Waals surface area contributed by atoms with Crippen LogP contribution in [0.4, 0.5) is 0 Å². The second-order valence-corrected chi connectivity index (χ2v) is 4.87. The molecule has 0 radical (unpaired) electrons. The fourth-order valence-corrected chi connectivity index (χ4v) is 2.38. The third-order valence-electron chi connectivity index (χ3n) is 2.17. The summed E-state index contributed by atoms with van der Waals surface area (Å²) in [5.41, 5.74) is 0.742. The van der Waals surface area contributed by atoms with Gasteiger partial charge in [-0.05, 0) is 29.2 Å². The number of aromatic nitrogens is 2. The Kier molecular flexibility index (Phi) is 3.76. The molecule has 0 saturated carbocycles. The molecule has 2 aromatic rings. The zero-order valence-corrected chi connectivity index (χ0v) is 10.4. The van der Waals surface area contributed by atoms with Crippen molar-refractivity contribution in [3.63, 3.8) is 0 Å². The second kappa shape index (κ2) is 5.10. The maximum Gasteiger partial charge on any atom is 0.0955 e. The van der Waals surface area contributed by atoms with Crippen LogP contribution in [0.2, 0.25) is 10.0 Å². The SMILES string of the molecule is OC(Cc1c(Cl)cccc1Cl)c1cnns1. The van der Waals surface area contributed by atoms with Crippen LogP contribution in [-0.2, 0) is 6.42 Å². The van der Waals surface area contributed by atoms with Crippen molar-refractivity contribution in [3.05, 3.63) is 44.9 Å². The molecule has 0 saturated heterocycles. The van der Waals surface area contributed by atoms with Crippen LogP contribution in [0.3, 0.4) is 0 Å². The van der Waals surface area contributed by atoms with Crippen LogP contribution in [0.25, 0.3) is 0 Å². The lowest BCUT2D eigenvalue weighted by molar-refractivity contribution is 0.182. The minimum atomic E-state index is -0.669. The second-order valence-electron chi connectivity index (χ2n) is 3.24. The van der Waals surface area contributed by atoms with Crippen molar-refractivity contribution in [2.75, 3.05) is 0 Å². The number of hydrogen-bond acceptors (Lipinski definition) is 4. The molecular formula is C10H8Cl2N2OS. The van der Waals surface area contributed by atoms with E-state index < -0.39 is 6.10 Å². The molecule has 0 aliphatic rings. The highest BCUT2D eigenvalue weighted by atomic mass is 35.5. The first-order valence-corrected chi connectivity index (χ1v) is 6.09. The van der Waals surface area contributed by atoms with Gasteiger partial charge in [-0.25, -0.2) is 0 Å². The fourth-order valence-electron chi connectivity index (χ4n) is 1.34. The predicted molar refractivity (Wildman–Crippen MR) is 65.0 cm³/mol. The lowest BCUT2D eigenvalue weighted by Crippen LogP contribution is -2.01. The largest absolute Gasteiger partial charge is 0.387 e. The zero-order valence-electron chi connectivity index (χ0n) is 8.10. The van der Waals surface area contributed by atoms with E-state index in [1.54, 1.807) is 24.4 Å². The van der Waals surface area contributed by atoms with Gasteiger partial charge in [0.05, 0.1) is 17.2 Å². The van der Waals surface area contributed by atoms with Gasteiger partial charge in [0, 0.05) is 16.5 Å². The van der Waals surface area contributed by atoms with Gasteiger partial charge < -0.3 is 5.11 Å². The van der Waals surface area contributed by atoms with Crippen molar-refractivity contribution in [2.45, 2.75) is 12.5 Å². The van der Waals surface area contributed by atoms with Gasteiger partial charge in [-0.15, -0.1) is 5.10 Å².